The molecule has 2 aromatic rings. The Bertz CT molecular complexity index is 624. The monoisotopic (exact) mass is 268 g/mol. The molecule has 0 atom stereocenters. The third-order valence-corrected chi connectivity index (χ3v) is 2.26. The van der Waals surface area contributed by atoms with E-state index >= 15 is 0 Å². The lowest BCUT2D eigenvalue weighted by molar-refractivity contribution is 0.0697. The number of carboxylic acid groups (broad SMARTS) is 1. The molecule has 0 amide bonds. The summed E-state index contributed by atoms with van der Waals surface area (Å²) in [5, 5.41) is 11.3. The second-order valence-corrected chi connectivity index (χ2v) is 3.61. The van der Waals surface area contributed by atoms with Crippen molar-refractivity contribution in [1.29, 1.82) is 0 Å². The van der Waals surface area contributed by atoms with Crippen LogP contribution < -0.4 is 5.32 Å². The number of nitrogens with one attached hydrogen (secondary N) is 1. The number of rotatable bonds is 3. The number of halogens is 3. The van der Waals surface area contributed by atoms with E-state index in [1.165, 1.54) is 18.3 Å². The molecule has 0 unspecified atom stereocenters. The molecule has 0 radical (unpaired) electrons. The Morgan fingerprint density at radius 3 is 2.37 bits per heavy atom. The van der Waals surface area contributed by atoms with E-state index in [9.17, 15) is 18.0 Å². The van der Waals surface area contributed by atoms with Gasteiger partial charge in [-0.1, -0.05) is 0 Å². The number of aromatic carboxylic acids is 1. The molecule has 0 aliphatic heterocycles. The minimum Gasteiger partial charge on any atom is -0.478 e. The van der Waals surface area contributed by atoms with Crippen LogP contribution in [-0.4, -0.2) is 16.1 Å². The van der Waals surface area contributed by atoms with E-state index in [1.54, 1.807) is 0 Å². The summed E-state index contributed by atoms with van der Waals surface area (Å²) in [5.74, 6) is -5.36. The quantitative estimate of drug-likeness (QED) is 0.840. The van der Waals surface area contributed by atoms with Gasteiger partial charge in [0.05, 0.1) is 5.56 Å². The Balaban J connectivity index is 2.31. The van der Waals surface area contributed by atoms with Gasteiger partial charge in [-0.25, -0.2) is 22.9 Å². The van der Waals surface area contributed by atoms with Crippen LogP contribution in [0.25, 0.3) is 0 Å². The van der Waals surface area contributed by atoms with E-state index in [-0.39, 0.29) is 17.1 Å². The number of carbonyl (C=O) groups is 1. The zero-order valence-electron chi connectivity index (χ0n) is 9.32. The molecule has 1 aromatic heterocycles. The summed E-state index contributed by atoms with van der Waals surface area (Å²) < 4.78 is 38.7. The van der Waals surface area contributed by atoms with Crippen molar-refractivity contribution >= 4 is 17.5 Å². The van der Waals surface area contributed by atoms with E-state index < -0.39 is 23.4 Å². The summed E-state index contributed by atoms with van der Waals surface area (Å²) >= 11 is 0. The number of anilines is 2. The predicted octanol–water partition coefficient (Wildman–Crippen LogP) is 2.94. The summed E-state index contributed by atoms with van der Waals surface area (Å²) in [6.45, 7) is 0. The van der Waals surface area contributed by atoms with Crippen molar-refractivity contribution < 1.29 is 23.1 Å². The van der Waals surface area contributed by atoms with Gasteiger partial charge >= 0.3 is 5.97 Å². The van der Waals surface area contributed by atoms with Crippen LogP contribution in [0.5, 0.6) is 0 Å². The molecule has 1 heterocycles. The first-order valence-electron chi connectivity index (χ1n) is 5.08. The minimum atomic E-state index is -1.57. The average molecular weight is 268 g/mol. The number of hydrogen-bond donors (Lipinski definition) is 2. The maximum atomic E-state index is 13.0. The summed E-state index contributed by atoms with van der Waals surface area (Å²) in [6, 6.07) is 3.93. The van der Waals surface area contributed by atoms with Crippen molar-refractivity contribution in [3.8, 4) is 0 Å². The van der Waals surface area contributed by atoms with Crippen LogP contribution in [0.4, 0.5) is 24.7 Å². The molecule has 2 rings (SSSR count). The van der Waals surface area contributed by atoms with Crippen molar-refractivity contribution in [2.75, 3.05) is 5.32 Å². The highest BCUT2D eigenvalue weighted by atomic mass is 19.2. The molecule has 4 nitrogen and oxygen atoms in total. The van der Waals surface area contributed by atoms with Crippen LogP contribution in [0.1, 0.15) is 10.4 Å². The molecule has 0 saturated carbocycles. The maximum absolute atomic E-state index is 13.0. The molecule has 98 valence electrons. The average Bonchev–Trinajstić information content (AvgIpc) is 2.36. The van der Waals surface area contributed by atoms with Gasteiger partial charge in [0.15, 0.2) is 17.5 Å². The summed E-state index contributed by atoms with van der Waals surface area (Å²) in [5.41, 5.74) is -0.119. The van der Waals surface area contributed by atoms with E-state index in [0.29, 0.717) is 0 Å². The highest BCUT2D eigenvalue weighted by molar-refractivity contribution is 5.88. The van der Waals surface area contributed by atoms with Gasteiger partial charge in [-0.15, -0.1) is 0 Å². The molecule has 0 spiro atoms. The van der Waals surface area contributed by atoms with Crippen LogP contribution >= 0.6 is 0 Å². The number of nitrogens with zero attached hydrogens (tertiary/aromatic N) is 1. The lowest BCUT2D eigenvalue weighted by atomic mass is 10.2. The highest BCUT2D eigenvalue weighted by Crippen LogP contribution is 2.20. The van der Waals surface area contributed by atoms with E-state index in [4.69, 9.17) is 5.11 Å². The molecular formula is C12H7F3N2O2. The molecular weight excluding hydrogens is 261 g/mol. The fraction of sp³-hybridized carbons (Fsp3) is 0. The Hall–Kier alpha value is -2.57. The first-order chi connectivity index (χ1) is 8.97. The van der Waals surface area contributed by atoms with Gasteiger partial charge in [0.2, 0.25) is 0 Å². The minimum absolute atomic E-state index is 0.0412. The molecule has 0 saturated heterocycles. The Labute approximate surface area is 105 Å². The van der Waals surface area contributed by atoms with Gasteiger partial charge in [-0.05, 0) is 12.1 Å². The number of carboxylic acids is 1. The van der Waals surface area contributed by atoms with Crippen LogP contribution in [0, 0.1) is 17.5 Å². The van der Waals surface area contributed by atoms with Crippen molar-refractivity contribution in [1.82, 2.24) is 4.98 Å². The van der Waals surface area contributed by atoms with Gasteiger partial charge in [-0.3, -0.25) is 0 Å². The first-order valence-corrected chi connectivity index (χ1v) is 5.08. The molecule has 19 heavy (non-hydrogen) atoms. The maximum Gasteiger partial charge on any atom is 0.335 e. The number of hydrogen-bond acceptors (Lipinski definition) is 3. The van der Waals surface area contributed by atoms with Crippen molar-refractivity contribution in [2.45, 2.75) is 0 Å². The first kappa shape index (κ1) is 12.9. The van der Waals surface area contributed by atoms with Gasteiger partial charge in [-0.2, -0.15) is 0 Å². The summed E-state index contributed by atoms with van der Waals surface area (Å²) in [6.07, 6.45) is 1.22. The van der Waals surface area contributed by atoms with E-state index in [0.717, 1.165) is 12.1 Å². The number of pyridine rings is 1. The fourth-order valence-corrected chi connectivity index (χ4v) is 1.41. The molecule has 2 N–H and O–H groups in total. The molecule has 7 heteroatoms. The topological polar surface area (TPSA) is 62.2 Å². The lowest BCUT2D eigenvalue weighted by Gasteiger charge is -2.07. The third kappa shape index (κ3) is 2.82. The third-order valence-electron chi connectivity index (χ3n) is 2.26. The molecule has 1 aromatic carbocycles. The number of aromatic nitrogens is 1. The lowest BCUT2D eigenvalue weighted by Crippen LogP contribution is -2.01. The summed E-state index contributed by atoms with van der Waals surface area (Å²) in [4.78, 5) is 14.5. The SMILES string of the molecule is O=C(O)c1ccnc(Nc2cc(F)c(F)c(F)c2)c1. The molecule has 0 bridgehead atoms. The molecule has 0 aliphatic rings. The van der Waals surface area contributed by atoms with Crippen LogP contribution in [0.2, 0.25) is 0 Å². The second kappa shape index (κ2) is 4.97. The number of benzene rings is 1. The van der Waals surface area contributed by atoms with Crippen LogP contribution in [0.15, 0.2) is 30.5 Å². The fourth-order valence-electron chi connectivity index (χ4n) is 1.41. The van der Waals surface area contributed by atoms with Crippen LogP contribution in [0.3, 0.4) is 0 Å². The van der Waals surface area contributed by atoms with Gasteiger partial charge in [0, 0.05) is 24.0 Å². The standard InChI is InChI=1S/C12H7F3N2O2/c13-8-4-7(5-9(14)11(8)15)17-10-3-6(12(18)19)1-2-16-10/h1-5H,(H,16,17)(H,18,19). The van der Waals surface area contributed by atoms with Gasteiger partial charge in [0.25, 0.3) is 0 Å². The second-order valence-electron chi connectivity index (χ2n) is 3.61. The Morgan fingerprint density at radius 1 is 1.16 bits per heavy atom. The normalized spacial score (nSPS) is 10.3. The Kier molecular flexibility index (Phi) is 3.37. The predicted molar refractivity (Wildman–Crippen MR) is 60.8 cm³/mol. The smallest absolute Gasteiger partial charge is 0.335 e. The molecule has 0 aliphatic carbocycles. The van der Waals surface area contributed by atoms with Gasteiger partial charge in [0.1, 0.15) is 5.82 Å². The van der Waals surface area contributed by atoms with Crippen molar-refractivity contribution in [2.24, 2.45) is 0 Å². The van der Waals surface area contributed by atoms with E-state index in [2.05, 4.69) is 10.3 Å². The van der Waals surface area contributed by atoms with Crippen molar-refractivity contribution in [3.63, 3.8) is 0 Å². The van der Waals surface area contributed by atoms with Crippen molar-refractivity contribution in [3.05, 3.63) is 53.5 Å². The van der Waals surface area contributed by atoms with E-state index in [1.807, 2.05) is 0 Å². The summed E-state index contributed by atoms with van der Waals surface area (Å²) in [7, 11) is 0. The molecule has 0 fully saturated rings. The highest BCUT2D eigenvalue weighted by Gasteiger charge is 2.11. The Morgan fingerprint density at radius 2 is 1.79 bits per heavy atom. The van der Waals surface area contributed by atoms with Crippen LogP contribution in [-0.2, 0) is 0 Å². The largest absolute Gasteiger partial charge is 0.478 e. The zero-order valence-corrected chi connectivity index (χ0v) is 9.32. The zero-order chi connectivity index (χ0) is 14.0. The van der Waals surface area contributed by atoms with Gasteiger partial charge < -0.3 is 10.4 Å².